The van der Waals surface area contributed by atoms with Crippen LogP contribution in [0, 0.1) is 11.3 Å². The van der Waals surface area contributed by atoms with Gasteiger partial charge in [0.15, 0.2) is 0 Å². The minimum Gasteiger partial charge on any atom is -0.383 e. The van der Waals surface area contributed by atoms with Crippen molar-refractivity contribution in [3.63, 3.8) is 0 Å². The molecule has 0 bridgehead atoms. The van der Waals surface area contributed by atoms with Crippen LogP contribution >= 0.6 is 0 Å². The Morgan fingerprint density at radius 3 is 2.84 bits per heavy atom. The van der Waals surface area contributed by atoms with E-state index < -0.39 is 6.43 Å². The monoisotopic (exact) mass is 512 g/mol. The topological polar surface area (TPSA) is 86.5 Å². The highest BCUT2D eigenvalue weighted by atomic mass is 19.3. The van der Waals surface area contributed by atoms with Crippen molar-refractivity contribution in [1.29, 1.82) is 5.41 Å². The predicted octanol–water partition coefficient (Wildman–Crippen LogP) is 3.58. The van der Waals surface area contributed by atoms with Gasteiger partial charge in [-0.1, -0.05) is 6.07 Å². The zero-order valence-corrected chi connectivity index (χ0v) is 21.3. The van der Waals surface area contributed by atoms with Crippen molar-refractivity contribution >= 4 is 17.4 Å². The lowest BCUT2D eigenvalue weighted by atomic mass is 9.87. The molecule has 198 valence electrons. The summed E-state index contributed by atoms with van der Waals surface area (Å²) in [5.74, 6) is -0.0595. The highest BCUT2D eigenvalue weighted by Crippen LogP contribution is 2.37. The number of rotatable bonds is 6. The molecule has 1 unspecified atom stereocenters. The molecule has 1 aromatic heterocycles. The van der Waals surface area contributed by atoms with E-state index >= 15 is 0 Å². The van der Waals surface area contributed by atoms with Crippen LogP contribution in [0.2, 0.25) is 0 Å². The average molecular weight is 513 g/mol. The molecule has 1 saturated heterocycles. The van der Waals surface area contributed by atoms with Crippen LogP contribution in [0.1, 0.15) is 31.7 Å². The van der Waals surface area contributed by atoms with Crippen molar-refractivity contribution in [3.05, 3.63) is 47.4 Å². The van der Waals surface area contributed by atoms with Gasteiger partial charge in [-0.25, -0.2) is 8.78 Å². The molecule has 1 amide bonds. The van der Waals surface area contributed by atoms with E-state index in [2.05, 4.69) is 10.4 Å². The van der Waals surface area contributed by atoms with Gasteiger partial charge in [-0.15, -0.1) is 0 Å². The number of nitrogens with one attached hydrogen (secondary N) is 2. The number of halogens is 2. The normalized spacial score (nSPS) is 22.0. The first-order valence-corrected chi connectivity index (χ1v) is 12.9. The first-order valence-electron chi connectivity index (χ1n) is 12.9. The molecule has 4 heterocycles. The molecule has 2 aromatic rings. The third-order valence-electron chi connectivity index (χ3n) is 7.52. The number of carbonyl (C=O) groups excluding carboxylic acids is 1. The molecule has 10 heteroatoms. The Bertz CT molecular complexity index is 1200. The fourth-order valence-electron chi connectivity index (χ4n) is 5.58. The number of amides is 1. The Labute approximate surface area is 215 Å². The number of aromatic nitrogens is 2. The molecule has 8 nitrogen and oxygen atoms in total. The number of hydrogen-bond acceptors (Lipinski definition) is 5. The fraction of sp³-hybridized carbons (Fsp3) is 0.519. The van der Waals surface area contributed by atoms with Crippen LogP contribution in [-0.2, 0) is 23.0 Å². The molecular weight excluding hydrogens is 478 g/mol. The molecular formula is C27H34F2N6O2. The van der Waals surface area contributed by atoms with E-state index in [1.807, 2.05) is 36.3 Å². The van der Waals surface area contributed by atoms with E-state index in [4.69, 9.17) is 4.74 Å². The van der Waals surface area contributed by atoms with E-state index in [0.717, 1.165) is 40.1 Å². The summed E-state index contributed by atoms with van der Waals surface area (Å²) in [6.07, 6.45) is 3.12. The summed E-state index contributed by atoms with van der Waals surface area (Å²) >= 11 is 0. The standard InChI is InChI=1S/C27H34F2N6O2/c1-17(36)34-7-5-24(32-22-6-8-37-16-22)23(15-34)27(30)35-13-18(10-26(28)29)9-20-11-19(3-4-25(20)35)21-12-31-33(2)14-21/h3-4,11-12,14,18,22,26,30,32H,5-10,13,15-16H2,1-2H3/t18?,22-/m0/s1. The molecule has 37 heavy (non-hydrogen) atoms. The van der Waals surface area contributed by atoms with Gasteiger partial charge in [-0.2, -0.15) is 5.10 Å². The number of carbonyl (C=O) groups is 1. The van der Waals surface area contributed by atoms with E-state index in [0.29, 0.717) is 45.7 Å². The summed E-state index contributed by atoms with van der Waals surface area (Å²) in [7, 11) is 1.86. The van der Waals surface area contributed by atoms with Gasteiger partial charge in [-0.3, -0.25) is 14.9 Å². The van der Waals surface area contributed by atoms with Crippen LogP contribution in [0.25, 0.3) is 11.1 Å². The quantitative estimate of drug-likeness (QED) is 0.457. The van der Waals surface area contributed by atoms with Gasteiger partial charge in [0.2, 0.25) is 12.3 Å². The van der Waals surface area contributed by atoms with Crippen molar-refractivity contribution < 1.29 is 18.3 Å². The smallest absolute Gasteiger partial charge is 0.239 e. The third kappa shape index (κ3) is 5.53. The van der Waals surface area contributed by atoms with Crippen LogP contribution in [0.3, 0.4) is 0 Å². The number of amidine groups is 1. The molecule has 2 N–H and O–H groups in total. The zero-order valence-electron chi connectivity index (χ0n) is 21.3. The second kappa shape index (κ2) is 10.6. The summed E-state index contributed by atoms with van der Waals surface area (Å²) in [6, 6.07) is 6.19. The minimum atomic E-state index is -2.41. The molecule has 1 fully saturated rings. The fourth-order valence-corrected chi connectivity index (χ4v) is 5.58. The molecule has 5 rings (SSSR count). The lowest BCUT2D eigenvalue weighted by Crippen LogP contribution is -2.47. The summed E-state index contributed by atoms with van der Waals surface area (Å²) in [4.78, 5) is 15.8. The Morgan fingerprint density at radius 2 is 2.16 bits per heavy atom. The van der Waals surface area contributed by atoms with Gasteiger partial charge in [0.05, 0.1) is 25.4 Å². The summed E-state index contributed by atoms with van der Waals surface area (Å²) in [5.41, 5.74) is 5.43. The number of aryl methyl sites for hydroxylation is 1. The van der Waals surface area contributed by atoms with Gasteiger partial charge in [-0.05, 0) is 42.0 Å². The number of ether oxygens (including phenoxy) is 1. The number of alkyl halides is 2. The number of anilines is 1. The first-order chi connectivity index (χ1) is 17.8. The molecule has 0 spiro atoms. The second-order valence-corrected chi connectivity index (χ2v) is 10.3. The number of hydrogen-bond donors (Lipinski definition) is 2. The Hall–Kier alpha value is -3.27. The third-order valence-corrected chi connectivity index (χ3v) is 7.52. The predicted molar refractivity (Wildman–Crippen MR) is 138 cm³/mol. The van der Waals surface area contributed by atoms with E-state index in [9.17, 15) is 19.0 Å². The molecule has 0 aliphatic carbocycles. The molecule has 0 radical (unpaired) electrons. The lowest BCUT2D eigenvalue weighted by Gasteiger charge is -2.39. The van der Waals surface area contributed by atoms with Gasteiger partial charge < -0.3 is 19.9 Å². The minimum absolute atomic E-state index is 0.0377. The summed E-state index contributed by atoms with van der Waals surface area (Å²) in [6.45, 7) is 4.10. The average Bonchev–Trinajstić information content (AvgIpc) is 3.54. The molecule has 3 aliphatic heterocycles. The van der Waals surface area contributed by atoms with Crippen molar-refractivity contribution in [1.82, 2.24) is 20.0 Å². The number of benzene rings is 1. The van der Waals surface area contributed by atoms with Crippen molar-refractivity contribution in [3.8, 4) is 11.1 Å². The van der Waals surface area contributed by atoms with Crippen LogP contribution < -0.4 is 10.2 Å². The Kier molecular flexibility index (Phi) is 7.28. The Balaban J connectivity index is 1.51. The van der Waals surface area contributed by atoms with Gasteiger partial charge in [0, 0.05) is 75.2 Å². The van der Waals surface area contributed by atoms with Crippen LogP contribution in [-0.4, -0.2) is 71.7 Å². The first kappa shape index (κ1) is 25.4. The van der Waals surface area contributed by atoms with Gasteiger partial charge in [0.25, 0.3) is 0 Å². The second-order valence-electron chi connectivity index (χ2n) is 10.3. The van der Waals surface area contributed by atoms with Gasteiger partial charge in [0.1, 0.15) is 5.84 Å². The molecule has 1 aromatic carbocycles. The highest BCUT2D eigenvalue weighted by Gasteiger charge is 2.33. The van der Waals surface area contributed by atoms with Crippen molar-refractivity contribution in [2.45, 2.75) is 45.1 Å². The number of fused-ring (bicyclic) bond motifs is 1. The molecule has 0 saturated carbocycles. The number of nitrogens with zero attached hydrogens (tertiary/aromatic N) is 4. The van der Waals surface area contributed by atoms with Crippen LogP contribution in [0.15, 0.2) is 41.9 Å². The maximum absolute atomic E-state index is 13.5. The molecule has 3 aliphatic rings. The lowest BCUT2D eigenvalue weighted by molar-refractivity contribution is -0.128. The van der Waals surface area contributed by atoms with Crippen LogP contribution in [0.4, 0.5) is 14.5 Å². The highest BCUT2D eigenvalue weighted by molar-refractivity contribution is 6.09. The van der Waals surface area contributed by atoms with E-state index in [-0.39, 0.29) is 30.1 Å². The van der Waals surface area contributed by atoms with E-state index in [1.54, 1.807) is 22.7 Å². The largest absolute Gasteiger partial charge is 0.383 e. The van der Waals surface area contributed by atoms with Crippen LogP contribution in [0.5, 0.6) is 0 Å². The zero-order chi connectivity index (χ0) is 26.1. The maximum Gasteiger partial charge on any atom is 0.239 e. The van der Waals surface area contributed by atoms with Gasteiger partial charge >= 0.3 is 0 Å². The van der Waals surface area contributed by atoms with Crippen molar-refractivity contribution in [2.75, 3.05) is 37.7 Å². The summed E-state index contributed by atoms with van der Waals surface area (Å²) < 4.78 is 34.3. The summed E-state index contributed by atoms with van der Waals surface area (Å²) in [5, 5.41) is 17.1. The van der Waals surface area contributed by atoms with Crippen molar-refractivity contribution in [2.24, 2.45) is 13.0 Å². The Morgan fingerprint density at radius 1 is 1.32 bits per heavy atom. The SMILES string of the molecule is CC(=O)N1CCC(N[C@H]2CCOC2)=C(C(=N)N2CC(CC(F)F)Cc3cc(-c4cnn(C)c4)ccc32)C1. The molecule has 2 atom stereocenters. The maximum atomic E-state index is 13.5. The van der Waals surface area contributed by atoms with E-state index in [1.165, 1.54) is 0 Å².